The highest BCUT2D eigenvalue weighted by Crippen LogP contribution is 2.22. The van der Waals surface area contributed by atoms with Crippen molar-refractivity contribution in [3.05, 3.63) is 11.6 Å². The molecule has 3 heteroatoms. The van der Waals surface area contributed by atoms with Gasteiger partial charge < -0.3 is 5.32 Å². The van der Waals surface area contributed by atoms with Crippen molar-refractivity contribution in [1.82, 2.24) is 5.32 Å². The van der Waals surface area contributed by atoms with E-state index in [2.05, 4.69) is 5.32 Å². The van der Waals surface area contributed by atoms with Crippen molar-refractivity contribution in [2.75, 3.05) is 7.05 Å². The first-order chi connectivity index (χ1) is 6.75. The Morgan fingerprint density at radius 3 is 2.57 bits per heavy atom. The lowest BCUT2D eigenvalue weighted by molar-refractivity contribution is 0.115. The molecule has 0 radical (unpaired) electrons. The average Bonchev–Trinajstić information content (AvgIpc) is 2.08. The minimum absolute atomic E-state index is 0.729. The van der Waals surface area contributed by atoms with Crippen molar-refractivity contribution in [2.24, 2.45) is 0 Å². The predicted octanol–water partition coefficient (Wildman–Crippen LogP) is 3.12. The molecule has 0 aliphatic heterocycles. The highest BCUT2D eigenvalue weighted by molar-refractivity contribution is 5.12. The molecule has 14 heavy (non-hydrogen) atoms. The second-order valence-electron chi connectivity index (χ2n) is 3.83. The number of hydrogen-bond donors (Lipinski definition) is 1. The van der Waals surface area contributed by atoms with Crippen LogP contribution < -0.4 is 5.32 Å². The van der Waals surface area contributed by atoms with Crippen LogP contribution in [0.4, 0.5) is 8.78 Å². The van der Waals surface area contributed by atoms with Crippen LogP contribution in [-0.4, -0.2) is 19.5 Å². The van der Waals surface area contributed by atoms with E-state index in [9.17, 15) is 8.78 Å². The van der Waals surface area contributed by atoms with E-state index in [0.29, 0.717) is 0 Å². The van der Waals surface area contributed by atoms with Crippen LogP contribution in [0.3, 0.4) is 0 Å². The topological polar surface area (TPSA) is 12.0 Å². The molecule has 0 amide bonds. The van der Waals surface area contributed by atoms with Crippen LogP contribution in [0.5, 0.6) is 0 Å². The maximum Gasteiger partial charge on any atom is 0.257 e. The molecule has 0 saturated carbocycles. The summed E-state index contributed by atoms with van der Waals surface area (Å²) >= 11 is 0. The van der Waals surface area contributed by atoms with Gasteiger partial charge in [0.15, 0.2) is 0 Å². The zero-order chi connectivity index (χ0) is 10.4. The molecule has 0 saturated heterocycles. The lowest BCUT2D eigenvalue weighted by atomic mass is 9.95. The third kappa shape index (κ3) is 3.37. The Kier molecular flexibility index (Phi) is 5.09. The summed E-state index contributed by atoms with van der Waals surface area (Å²) in [5.41, 5.74) is 0.905. The molecule has 1 aliphatic carbocycles. The van der Waals surface area contributed by atoms with Gasteiger partial charge in [0.2, 0.25) is 0 Å². The minimum atomic E-state index is -2.29. The molecular formula is C11H19F2N. The van der Waals surface area contributed by atoms with E-state index in [-0.39, 0.29) is 0 Å². The lowest BCUT2D eigenvalue weighted by Crippen LogP contribution is -2.34. The number of likely N-dealkylation sites (N-methyl/N-ethyl adjacent to an activating group) is 1. The van der Waals surface area contributed by atoms with Crippen LogP contribution in [-0.2, 0) is 0 Å². The molecule has 0 aromatic heterocycles. The van der Waals surface area contributed by atoms with Gasteiger partial charge in [-0.15, -0.1) is 0 Å². The van der Waals surface area contributed by atoms with E-state index >= 15 is 0 Å². The van der Waals surface area contributed by atoms with E-state index < -0.39 is 12.5 Å². The summed E-state index contributed by atoms with van der Waals surface area (Å²) in [6.45, 7) is 0. The zero-order valence-corrected chi connectivity index (χ0v) is 8.73. The monoisotopic (exact) mass is 203 g/mol. The number of hydrogen-bond acceptors (Lipinski definition) is 1. The van der Waals surface area contributed by atoms with Crippen LogP contribution in [0.25, 0.3) is 0 Å². The Morgan fingerprint density at radius 1 is 1.21 bits per heavy atom. The normalized spacial score (nSPS) is 21.3. The van der Waals surface area contributed by atoms with Crippen molar-refractivity contribution >= 4 is 0 Å². The van der Waals surface area contributed by atoms with E-state index in [1.54, 1.807) is 7.05 Å². The van der Waals surface area contributed by atoms with Crippen molar-refractivity contribution in [2.45, 2.75) is 51.0 Å². The summed E-state index contributed by atoms with van der Waals surface area (Å²) in [7, 11) is 1.61. The van der Waals surface area contributed by atoms with Crippen LogP contribution >= 0.6 is 0 Å². The molecule has 0 aromatic carbocycles. The van der Waals surface area contributed by atoms with Gasteiger partial charge in [0.1, 0.15) is 0 Å². The standard InChI is InChI=1S/C11H19F2N/c1-14-10(11(12)13)9-7-5-3-2-4-6-8-9/h7,10-11,14H,2-6,8H2,1H3. The van der Waals surface area contributed by atoms with E-state index in [1.165, 1.54) is 12.8 Å². The van der Waals surface area contributed by atoms with Crippen molar-refractivity contribution in [3.8, 4) is 0 Å². The van der Waals surface area contributed by atoms with E-state index in [0.717, 1.165) is 31.3 Å². The maximum absolute atomic E-state index is 12.6. The smallest absolute Gasteiger partial charge is 0.257 e. The molecule has 1 nitrogen and oxygen atoms in total. The van der Waals surface area contributed by atoms with Gasteiger partial charge in [0.25, 0.3) is 6.43 Å². The first-order valence-electron chi connectivity index (χ1n) is 5.40. The fourth-order valence-electron chi connectivity index (χ4n) is 1.97. The fourth-order valence-corrected chi connectivity index (χ4v) is 1.97. The van der Waals surface area contributed by atoms with Crippen molar-refractivity contribution in [3.63, 3.8) is 0 Å². The Bertz CT molecular complexity index is 190. The Hall–Kier alpha value is -0.440. The van der Waals surface area contributed by atoms with E-state index in [4.69, 9.17) is 0 Å². The zero-order valence-electron chi connectivity index (χ0n) is 8.73. The molecule has 0 heterocycles. The molecule has 1 N–H and O–H groups in total. The van der Waals surface area contributed by atoms with E-state index in [1.807, 2.05) is 6.08 Å². The summed E-state index contributed by atoms with van der Waals surface area (Å²) in [6.07, 6.45) is 6.12. The quantitative estimate of drug-likeness (QED) is 0.695. The van der Waals surface area contributed by atoms with Crippen LogP contribution in [0.2, 0.25) is 0 Å². The van der Waals surface area contributed by atoms with Crippen molar-refractivity contribution < 1.29 is 8.78 Å². The van der Waals surface area contributed by atoms with Gasteiger partial charge in [0, 0.05) is 0 Å². The summed E-state index contributed by atoms with van der Waals surface area (Å²) in [5, 5.41) is 2.70. The van der Waals surface area contributed by atoms with Crippen LogP contribution in [0.15, 0.2) is 11.6 Å². The summed E-state index contributed by atoms with van der Waals surface area (Å²) in [6, 6.07) is -0.729. The second kappa shape index (κ2) is 6.12. The molecule has 0 spiro atoms. The van der Waals surface area contributed by atoms with Gasteiger partial charge in [-0.1, -0.05) is 24.5 Å². The molecule has 1 aliphatic rings. The lowest BCUT2D eigenvalue weighted by Gasteiger charge is -2.20. The number of nitrogens with one attached hydrogen (secondary N) is 1. The van der Waals surface area contributed by atoms with Gasteiger partial charge >= 0.3 is 0 Å². The van der Waals surface area contributed by atoms with Gasteiger partial charge in [0.05, 0.1) is 6.04 Å². The second-order valence-corrected chi connectivity index (χ2v) is 3.83. The van der Waals surface area contributed by atoms with Gasteiger partial charge in [-0.3, -0.25) is 0 Å². The Labute approximate surface area is 84.6 Å². The van der Waals surface area contributed by atoms with Crippen LogP contribution in [0, 0.1) is 0 Å². The molecule has 82 valence electrons. The predicted molar refractivity (Wildman–Crippen MR) is 54.6 cm³/mol. The largest absolute Gasteiger partial charge is 0.309 e. The number of halogens is 2. The SMILES string of the molecule is CNC(C1=CCCCCCC1)C(F)F. The molecular weight excluding hydrogens is 184 g/mol. The number of alkyl halides is 2. The minimum Gasteiger partial charge on any atom is -0.309 e. The van der Waals surface area contributed by atoms with Crippen LogP contribution in [0.1, 0.15) is 38.5 Å². The van der Waals surface area contributed by atoms with Gasteiger partial charge in [-0.2, -0.15) is 0 Å². The molecule has 0 fully saturated rings. The number of allylic oxidation sites excluding steroid dienone is 1. The molecule has 0 bridgehead atoms. The first kappa shape index (κ1) is 11.6. The highest BCUT2D eigenvalue weighted by atomic mass is 19.3. The third-order valence-corrected chi connectivity index (χ3v) is 2.79. The summed E-state index contributed by atoms with van der Waals surface area (Å²) < 4.78 is 25.2. The molecule has 1 rings (SSSR count). The average molecular weight is 203 g/mol. The molecule has 1 unspecified atom stereocenters. The fraction of sp³-hybridized carbons (Fsp3) is 0.818. The Morgan fingerprint density at radius 2 is 1.93 bits per heavy atom. The van der Waals surface area contributed by atoms with Gasteiger partial charge in [-0.05, 0) is 32.7 Å². The molecule has 0 aromatic rings. The first-order valence-corrected chi connectivity index (χ1v) is 5.40. The Balaban J connectivity index is 2.60. The number of rotatable bonds is 3. The van der Waals surface area contributed by atoms with Crippen molar-refractivity contribution in [1.29, 1.82) is 0 Å². The summed E-state index contributed by atoms with van der Waals surface area (Å²) in [4.78, 5) is 0. The van der Waals surface area contributed by atoms with Gasteiger partial charge in [-0.25, -0.2) is 8.78 Å². The molecule has 1 atom stereocenters. The summed E-state index contributed by atoms with van der Waals surface area (Å²) in [5.74, 6) is 0. The third-order valence-electron chi connectivity index (χ3n) is 2.79. The maximum atomic E-state index is 12.6. The highest BCUT2D eigenvalue weighted by Gasteiger charge is 2.22.